The molecule has 144 valence electrons. The molecule has 3 atom stereocenters. The van der Waals surface area contributed by atoms with Gasteiger partial charge in [0.2, 0.25) is 5.90 Å². The molecule has 5 nitrogen and oxygen atoms in total. The van der Waals surface area contributed by atoms with Crippen LogP contribution in [0.15, 0.2) is 23.2 Å². The van der Waals surface area contributed by atoms with Crippen molar-refractivity contribution < 1.29 is 14.6 Å². The number of ether oxygens (including phenoxy) is 2. The number of hydrogen-bond acceptors (Lipinski definition) is 5. The summed E-state index contributed by atoms with van der Waals surface area (Å²) in [5.74, 6) is 2.00. The minimum atomic E-state index is -0.245. The van der Waals surface area contributed by atoms with Crippen LogP contribution in [-0.4, -0.2) is 43.4 Å². The van der Waals surface area contributed by atoms with Crippen LogP contribution in [0.4, 0.5) is 5.69 Å². The average Bonchev–Trinajstić information content (AvgIpc) is 3.05. The van der Waals surface area contributed by atoms with E-state index in [1.165, 1.54) is 38.5 Å². The van der Waals surface area contributed by atoms with Crippen LogP contribution in [0.5, 0.6) is 5.75 Å². The van der Waals surface area contributed by atoms with Gasteiger partial charge in [0.1, 0.15) is 11.9 Å². The molecule has 0 radical (unpaired) electrons. The van der Waals surface area contributed by atoms with Gasteiger partial charge in [0.05, 0.1) is 19.8 Å². The fraction of sp³-hybridized carbons (Fsp3) is 0.667. The van der Waals surface area contributed by atoms with Gasteiger partial charge in [0, 0.05) is 23.9 Å². The summed E-state index contributed by atoms with van der Waals surface area (Å²) in [4.78, 5) is 4.82. The molecule has 0 aliphatic carbocycles. The topological polar surface area (TPSA) is 63.1 Å². The Morgan fingerprint density at radius 3 is 2.81 bits per heavy atom. The highest BCUT2D eigenvalue weighted by Crippen LogP contribution is 2.29. The lowest BCUT2D eigenvalue weighted by Gasteiger charge is -2.19. The summed E-state index contributed by atoms with van der Waals surface area (Å²) >= 11 is 0. The largest absolute Gasteiger partial charge is 0.497 e. The van der Waals surface area contributed by atoms with E-state index in [0.29, 0.717) is 11.8 Å². The number of aliphatic hydroxyl groups excluding tert-OH is 1. The third-order valence-electron chi connectivity index (χ3n) is 5.39. The van der Waals surface area contributed by atoms with E-state index in [1.807, 2.05) is 12.1 Å². The van der Waals surface area contributed by atoms with Crippen molar-refractivity contribution in [1.82, 2.24) is 0 Å². The number of methoxy groups -OCH3 is 1. The molecule has 1 aromatic carbocycles. The highest BCUT2D eigenvalue weighted by atomic mass is 16.5. The van der Waals surface area contributed by atoms with Crippen LogP contribution < -0.4 is 10.1 Å². The van der Waals surface area contributed by atoms with Gasteiger partial charge in [0.25, 0.3) is 0 Å². The first-order valence-electron chi connectivity index (χ1n) is 9.98. The average molecular weight is 360 g/mol. The molecule has 2 aliphatic heterocycles. The third kappa shape index (κ3) is 4.91. The second-order valence-electron chi connectivity index (χ2n) is 7.61. The van der Waals surface area contributed by atoms with Crippen molar-refractivity contribution in [3.8, 4) is 5.75 Å². The van der Waals surface area contributed by atoms with Crippen LogP contribution in [0.3, 0.4) is 0 Å². The normalized spacial score (nSPS) is 27.2. The Morgan fingerprint density at radius 2 is 2.00 bits per heavy atom. The maximum atomic E-state index is 9.74. The van der Waals surface area contributed by atoms with Gasteiger partial charge < -0.3 is 19.9 Å². The van der Waals surface area contributed by atoms with E-state index in [-0.39, 0.29) is 18.8 Å². The Kier molecular flexibility index (Phi) is 6.78. The fourth-order valence-electron chi connectivity index (χ4n) is 3.85. The van der Waals surface area contributed by atoms with E-state index in [0.717, 1.165) is 30.0 Å². The van der Waals surface area contributed by atoms with Crippen LogP contribution in [0.2, 0.25) is 0 Å². The lowest BCUT2D eigenvalue weighted by atomic mass is 9.93. The maximum absolute atomic E-state index is 9.74. The maximum Gasteiger partial charge on any atom is 0.217 e. The summed E-state index contributed by atoms with van der Waals surface area (Å²) in [6, 6.07) is 6.05. The zero-order valence-electron chi connectivity index (χ0n) is 16.0. The molecule has 0 amide bonds. The monoisotopic (exact) mass is 360 g/mol. The molecule has 0 spiro atoms. The van der Waals surface area contributed by atoms with Gasteiger partial charge in [-0.3, -0.25) is 0 Å². The number of benzene rings is 1. The van der Waals surface area contributed by atoms with E-state index >= 15 is 0 Å². The number of rotatable bonds is 2. The van der Waals surface area contributed by atoms with Crippen molar-refractivity contribution in [1.29, 1.82) is 0 Å². The van der Waals surface area contributed by atoms with Crippen molar-refractivity contribution in [3.05, 3.63) is 23.8 Å². The SMILES string of the molecule is COc1cc2cc(c1)C1=N[C@@H](C[C@H](C)CCCCCCCN2)[C@H](CO)O1. The molecule has 0 fully saturated rings. The minimum Gasteiger partial charge on any atom is -0.497 e. The summed E-state index contributed by atoms with van der Waals surface area (Å²) in [5, 5.41) is 13.2. The second-order valence-corrected chi connectivity index (χ2v) is 7.61. The third-order valence-corrected chi connectivity index (χ3v) is 5.39. The number of aliphatic hydroxyl groups is 1. The van der Waals surface area contributed by atoms with E-state index in [1.54, 1.807) is 7.11 Å². The number of anilines is 1. The van der Waals surface area contributed by atoms with Gasteiger partial charge in [-0.15, -0.1) is 0 Å². The number of aliphatic imine (C=N–C) groups is 1. The minimum absolute atomic E-state index is 0.000533. The summed E-state index contributed by atoms with van der Waals surface area (Å²) in [7, 11) is 1.67. The van der Waals surface area contributed by atoms with Crippen LogP contribution in [0, 0.1) is 5.92 Å². The fourth-order valence-corrected chi connectivity index (χ4v) is 3.85. The predicted molar refractivity (Wildman–Crippen MR) is 105 cm³/mol. The van der Waals surface area contributed by atoms with Gasteiger partial charge in [-0.05, 0) is 30.9 Å². The highest BCUT2D eigenvalue weighted by Gasteiger charge is 2.32. The molecule has 3 rings (SSSR count). The van der Waals surface area contributed by atoms with Crippen molar-refractivity contribution in [2.24, 2.45) is 10.9 Å². The Morgan fingerprint density at radius 1 is 1.19 bits per heavy atom. The predicted octanol–water partition coefficient (Wildman–Crippen LogP) is 3.99. The van der Waals surface area contributed by atoms with E-state index in [4.69, 9.17) is 14.5 Å². The number of hydrogen-bond donors (Lipinski definition) is 2. The van der Waals surface area contributed by atoms with Crippen LogP contribution >= 0.6 is 0 Å². The number of fused-ring (bicyclic) bond motifs is 4. The first-order chi connectivity index (χ1) is 12.7. The van der Waals surface area contributed by atoms with Gasteiger partial charge in [0.15, 0.2) is 0 Å². The molecule has 5 heteroatoms. The van der Waals surface area contributed by atoms with Gasteiger partial charge >= 0.3 is 0 Å². The molecule has 2 aliphatic rings. The number of nitrogens with one attached hydrogen (secondary N) is 1. The molecule has 0 unspecified atom stereocenters. The lowest BCUT2D eigenvalue weighted by molar-refractivity contribution is 0.100. The summed E-state index contributed by atoms with van der Waals surface area (Å²) in [6.45, 7) is 3.25. The van der Waals surface area contributed by atoms with Gasteiger partial charge in [-0.1, -0.05) is 39.0 Å². The summed E-state index contributed by atoms with van der Waals surface area (Å²) < 4.78 is 11.5. The second kappa shape index (κ2) is 9.26. The van der Waals surface area contributed by atoms with Crippen molar-refractivity contribution in [2.75, 3.05) is 25.6 Å². The summed E-state index contributed by atoms with van der Waals surface area (Å²) in [5.41, 5.74) is 1.93. The zero-order chi connectivity index (χ0) is 18.4. The van der Waals surface area contributed by atoms with Gasteiger partial charge in [-0.2, -0.15) is 0 Å². The molecular weight excluding hydrogens is 328 g/mol. The Bertz CT molecular complexity index is 617. The molecule has 0 saturated carbocycles. The molecule has 1 aromatic rings. The first-order valence-corrected chi connectivity index (χ1v) is 9.98. The number of nitrogens with zero attached hydrogens (tertiary/aromatic N) is 1. The van der Waals surface area contributed by atoms with Crippen LogP contribution in [-0.2, 0) is 4.74 Å². The molecule has 26 heavy (non-hydrogen) atoms. The van der Waals surface area contributed by atoms with Gasteiger partial charge in [-0.25, -0.2) is 4.99 Å². The molecular formula is C21H32N2O3. The van der Waals surface area contributed by atoms with E-state index in [2.05, 4.69) is 18.3 Å². The van der Waals surface area contributed by atoms with Crippen molar-refractivity contribution in [2.45, 2.75) is 64.0 Å². The molecule has 0 aromatic heterocycles. The zero-order valence-corrected chi connectivity index (χ0v) is 16.0. The first kappa shape index (κ1) is 19.0. The Labute approximate surface area is 156 Å². The van der Waals surface area contributed by atoms with E-state index < -0.39 is 0 Å². The van der Waals surface area contributed by atoms with Crippen molar-refractivity contribution in [3.63, 3.8) is 0 Å². The molecule has 2 heterocycles. The Hall–Kier alpha value is -1.75. The highest BCUT2D eigenvalue weighted by molar-refractivity contribution is 5.96. The quantitative estimate of drug-likeness (QED) is 0.837. The van der Waals surface area contributed by atoms with E-state index in [9.17, 15) is 5.11 Å². The molecule has 2 N–H and O–H groups in total. The Balaban J connectivity index is 1.86. The molecule has 0 saturated heterocycles. The van der Waals surface area contributed by atoms with Crippen LogP contribution in [0.25, 0.3) is 0 Å². The molecule has 4 bridgehead atoms. The van der Waals surface area contributed by atoms with Crippen molar-refractivity contribution >= 4 is 11.6 Å². The van der Waals surface area contributed by atoms with Crippen LogP contribution in [0.1, 0.15) is 57.4 Å². The lowest BCUT2D eigenvalue weighted by Crippen LogP contribution is -2.28. The smallest absolute Gasteiger partial charge is 0.217 e. The standard InChI is InChI=1S/C21H32N2O3/c1-15-8-6-4-3-5-7-9-22-17-11-16(12-18(13-17)25-2)21-23-19(10-15)20(14-24)26-21/h11-13,15,19-20,22,24H,3-10,14H2,1-2H3/t15-,19+,20+/m1/s1. The summed E-state index contributed by atoms with van der Waals surface area (Å²) in [6.07, 6.45) is 8.26.